The lowest BCUT2D eigenvalue weighted by atomic mass is 10.2. The first-order valence-corrected chi connectivity index (χ1v) is 11.4. The Morgan fingerprint density at radius 3 is 2.25 bits per heavy atom. The summed E-state index contributed by atoms with van der Waals surface area (Å²) < 4.78 is 1.98. The summed E-state index contributed by atoms with van der Waals surface area (Å²) in [6.07, 6.45) is 1.84. The van der Waals surface area contributed by atoms with Crippen LogP contribution in [0.25, 0.3) is 17.1 Å². The number of benzene rings is 3. The van der Waals surface area contributed by atoms with Gasteiger partial charge in [0.05, 0.1) is 24.0 Å². The fourth-order valence-corrected chi connectivity index (χ4v) is 4.56. The molecule has 0 saturated carbocycles. The number of hydrogen-bond acceptors (Lipinski definition) is 5. The first kappa shape index (κ1) is 20.2. The van der Waals surface area contributed by atoms with E-state index in [-0.39, 0.29) is 0 Å². The van der Waals surface area contributed by atoms with Crippen molar-refractivity contribution in [3.05, 3.63) is 108 Å². The molecule has 0 radical (unpaired) electrons. The molecule has 0 amide bonds. The van der Waals surface area contributed by atoms with Crippen molar-refractivity contribution in [3.63, 3.8) is 0 Å². The van der Waals surface area contributed by atoms with Crippen molar-refractivity contribution in [1.82, 2.24) is 30.0 Å². The maximum Gasteiger partial charge on any atom is 0.209 e. The second-order valence-electron chi connectivity index (χ2n) is 7.47. The van der Waals surface area contributed by atoms with Crippen LogP contribution in [0, 0.1) is 6.92 Å². The summed E-state index contributed by atoms with van der Waals surface area (Å²) in [5.41, 5.74) is 5.47. The van der Waals surface area contributed by atoms with E-state index in [1.165, 1.54) is 5.56 Å². The highest BCUT2D eigenvalue weighted by atomic mass is 32.2. The molecule has 0 fully saturated rings. The van der Waals surface area contributed by atoms with Crippen LogP contribution < -0.4 is 0 Å². The second kappa shape index (κ2) is 9.20. The van der Waals surface area contributed by atoms with Gasteiger partial charge in [-0.3, -0.25) is 0 Å². The highest BCUT2D eigenvalue weighted by molar-refractivity contribution is 7.98. The van der Waals surface area contributed by atoms with Crippen LogP contribution in [0.3, 0.4) is 0 Å². The van der Waals surface area contributed by atoms with Gasteiger partial charge in [0.15, 0.2) is 0 Å². The number of nitrogens with zero attached hydrogens (tertiary/aromatic N) is 6. The van der Waals surface area contributed by atoms with Crippen molar-refractivity contribution in [1.29, 1.82) is 0 Å². The summed E-state index contributed by atoms with van der Waals surface area (Å²) in [5.74, 6) is 1.40. The molecule has 2 heterocycles. The molecule has 0 unspecified atom stereocenters. The fourth-order valence-electron chi connectivity index (χ4n) is 3.49. The van der Waals surface area contributed by atoms with E-state index in [0.29, 0.717) is 12.4 Å². The lowest BCUT2D eigenvalue weighted by molar-refractivity contribution is 0.573. The van der Waals surface area contributed by atoms with Crippen molar-refractivity contribution >= 4 is 11.8 Å². The van der Waals surface area contributed by atoms with Gasteiger partial charge in [-0.1, -0.05) is 78.9 Å². The van der Waals surface area contributed by atoms with Gasteiger partial charge in [-0.15, -0.1) is 22.0 Å². The van der Waals surface area contributed by atoms with Gasteiger partial charge < -0.3 is 0 Å². The Morgan fingerprint density at radius 1 is 0.812 bits per heavy atom. The average molecular weight is 439 g/mol. The van der Waals surface area contributed by atoms with Crippen molar-refractivity contribution in [2.45, 2.75) is 24.2 Å². The maximum atomic E-state index is 4.71. The smallest absolute Gasteiger partial charge is 0.209 e. The van der Waals surface area contributed by atoms with Crippen molar-refractivity contribution in [3.8, 4) is 17.1 Å². The first-order chi connectivity index (χ1) is 15.8. The van der Waals surface area contributed by atoms with E-state index in [1.54, 1.807) is 16.6 Å². The molecule has 2 aromatic heterocycles. The Morgan fingerprint density at radius 2 is 1.50 bits per heavy atom. The van der Waals surface area contributed by atoms with Crippen molar-refractivity contribution in [2.24, 2.45) is 0 Å². The summed E-state index contributed by atoms with van der Waals surface area (Å²) in [4.78, 5) is 1.63. The van der Waals surface area contributed by atoms with E-state index >= 15 is 0 Å². The molecule has 0 aliphatic heterocycles. The molecule has 0 bridgehead atoms. The predicted molar refractivity (Wildman–Crippen MR) is 127 cm³/mol. The molecule has 0 aliphatic carbocycles. The van der Waals surface area contributed by atoms with Crippen LogP contribution >= 0.6 is 11.8 Å². The highest BCUT2D eigenvalue weighted by Crippen LogP contribution is 2.34. The van der Waals surface area contributed by atoms with Gasteiger partial charge in [-0.2, -0.15) is 9.90 Å². The Bertz CT molecular complexity index is 1310. The van der Waals surface area contributed by atoms with Gasteiger partial charge in [0.1, 0.15) is 5.03 Å². The average Bonchev–Trinajstić information content (AvgIpc) is 3.46. The van der Waals surface area contributed by atoms with Crippen LogP contribution in [-0.2, 0) is 12.3 Å². The fraction of sp³-hybridized carbons (Fsp3) is 0.120. The molecule has 0 aliphatic rings. The van der Waals surface area contributed by atoms with Gasteiger partial charge in [0.2, 0.25) is 5.82 Å². The molecule has 7 heteroatoms. The monoisotopic (exact) mass is 438 g/mol. The van der Waals surface area contributed by atoms with Crippen LogP contribution in [0.1, 0.15) is 16.7 Å². The van der Waals surface area contributed by atoms with E-state index in [4.69, 9.17) is 5.10 Å². The molecule has 5 aromatic rings. The Balaban J connectivity index is 1.50. The minimum absolute atomic E-state index is 0.576. The second-order valence-corrected chi connectivity index (χ2v) is 8.43. The third kappa shape index (κ3) is 4.33. The quantitative estimate of drug-likeness (QED) is 0.328. The van der Waals surface area contributed by atoms with Crippen LogP contribution in [0.15, 0.2) is 96.2 Å². The molecule has 0 atom stereocenters. The van der Waals surface area contributed by atoms with Gasteiger partial charge in [0.25, 0.3) is 0 Å². The zero-order valence-electron chi connectivity index (χ0n) is 17.7. The number of rotatable bonds is 7. The number of aromatic nitrogens is 6. The number of tetrazole rings is 1. The Labute approximate surface area is 190 Å². The van der Waals surface area contributed by atoms with Crippen LogP contribution in [0.5, 0.6) is 0 Å². The number of hydrogen-bond donors (Lipinski definition) is 0. The van der Waals surface area contributed by atoms with E-state index in [0.717, 1.165) is 33.2 Å². The number of para-hydroxylation sites is 1. The zero-order chi connectivity index (χ0) is 21.8. The standard InChI is InChI=1S/C25H22N6S/c1-19-10-8-9-15-23(19)31-25(32-18-21-13-6-3-7-14-21)22(16-26-31)24-27-29-30(28-24)17-20-11-4-2-5-12-20/h2-16H,17-18H2,1H3. The molecule has 6 nitrogen and oxygen atoms in total. The Kier molecular flexibility index (Phi) is 5.81. The minimum atomic E-state index is 0.576. The van der Waals surface area contributed by atoms with Gasteiger partial charge in [0, 0.05) is 5.75 Å². The molecule has 158 valence electrons. The van der Waals surface area contributed by atoms with E-state index in [2.05, 4.69) is 70.9 Å². The molecule has 5 rings (SSSR count). The summed E-state index contributed by atoms with van der Waals surface area (Å²) in [6.45, 7) is 2.67. The minimum Gasteiger partial charge on any atom is -0.226 e. The predicted octanol–water partition coefficient (Wildman–Crippen LogP) is 5.17. The summed E-state index contributed by atoms with van der Waals surface area (Å²) in [5, 5.41) is 19.0. The lowest BCUT2D eigenvalue weighted by Crippen LogP contribution is -2.03. The number of aryl methyl sites for hydroxylation is 1. The van der Waals surface area contributed by atoms with E-state index < -0.39 is 0 Å². The molecular weight excluding hydrogens is 416 g/mol. The summed E-state index contributed by atoms with van der Waals surface area (Å²) in [7, 11) is 0. The molecule has 32 heavy (non-hydrogen) atoms. The van der Waals surface area contributed by atoms with Crippen LogP contribution in [-0.4, -0.2) is 30.0 Å². The van der Waals surface area contributed by atoms with Crippen molar-refractivity contribution in [2.75, 3.05) is 0 Å². The van der Waals surface area contributed by atoms with Crippen LogP contribution in [0.4, 0.5) is 0 Å². The summed E-state index contributed by atoms with van der Waals surface area (Å²) in [6, 6.07) is 28.8. The molecular formula is C25H22N6S. The third-order valence-corrected chi connectivity index (χ3v) is 6.29. The van der Waals surface area contributed by atoms with Gasteiger partial charge >= 0.3 is 0 Å². The molecule has 0 saturated heterocycles. The van der Waals surface area contributed by atoms with Gasteiger partial charge in [-0.25, -0.2) is 4.68 Å². The van der Waals surface area contributed by atoms with E-state index in [9.17, 15) is 0 Å². The topological polar surface area (TPSA) is 61.4 Å². The van der Waals surface area contributed by atoms with Crippen molar-refractivity contribution < 1.29 is 0 Å². The highest BCUT2D eigenvalue weighted by Gasteiger charge is 2.19. The van der Waals surface area contributed by atoms with Gasteiger partial charge in [-0.05, 0) is 34.9 Å². The maximum absolute atomic E-state index is 4.71. The first-order valence-electron chi connectivity index (χ1n) is 10.4. The SMILES string of the molecule is Cc1ccccc1-n1ncc(-c2nnn(Cc3ccccc3)n2)c1SCc1ccccc1. The molecule has 0 spiro atoms. The molecule has 0 N–H and O–H groups in total. The zero-order valence-corrected chi connectivity index (χ0v) is 18.5. The third-order valence-electron chi connectivity index (χ3n) is 5.15. The Hall–Kier alpha value is -3.71. The summed E-state index contributed by atoms with van der Waals surface area (Å²) >= 11 is 1.73. The lowest BCUT2D eigenvalue weighted by Gasteiger charge is -2.11. The molecule has 3 aromatic carbocycles. The van der Waals surface area contributed by atoms with E-state index in [1.807, 2.05) is 47.3 Å². The number of thioether (sulfide) groups is 1. The normalized spacial score (nSPS) is 11.0. The van der Waals surface area contributed by atoms with Crippen LogP contribution in [0.2, 0.25) is 0 Å². The largest absolute Gasteiger partial charge is 0.226 e.